The van der Waals surface area contributed by atoms with Gasteiger partial charge in [-0.05, 0) is 20.1 Å². The summed E-state index contributed by atoms with van der Waals surface area (Å²) in [6, 6.07) is -0.180. The van der Waals surface area contributed by atoms with Gasteiger partial charge in [0.15, 0.2) is 0 Å². The summed E-state index contributed by atoms with van der Waals surface area (Å²) in [5.74, 6) is -0.0513. The molecule has 16 heavy (non-hydrogen) atoms. The van der Waals surface area contributed by atoms with Gasteiger partial charge in [-0.25, -0.2) is 0 Å². The van der Waals surface area contributed by atoms with Crippen LogP contribution in [0.1, 0.15) is 13.8 Å². The third-order valence-corrected chi connectivity index (χ3v) is 3.53. The second-order valence-electron chi connectivity index (χ2n) is 3.67. The Hall–Kier alpha value is -0.520. The van der Waals surface area contributed by atoms with Crippen molar-refractivity contribution in [2.45, 2.75) is 31.2 Å². The maximum absolute atomic E-state index is 11.5. The summed E-state index contributed by atoms with van der Waals surface area (Å²) in [4.78, 5) is 11.5. The van der Waals surface area contributed by atoms with Gasteiger partial charge in [0, 0.05) is 17.8 Å². The summed E-state index contributed by atoms with van der Waals surface area (Å²) >= 11 is 1.59. The Kier molecular flexibility index (Phi) is 8.33. The van der Waals surface area contributed by atoms with Crippen LogP contribution in [0, 0.1) is 0 Å². The topological polar surface area (TPSA) is 61.4 Å². The van der Waals surface area contributed by atoms with E-state index in [4.69, 9.17) is 5.11 Å². The minimum atomic E-state index is -0.267. The number of carbonyl (C=O) groups excluding carboxylic acids is 1. The van der Waals surface area contributed by atoms with Crippen LogP contribution in [-0.2, 0) is 4.79 Å². The minimum absolute atomic E-state index is 0.0513. The Morgan fingerprint density at radius 2 is 2.19 bits per heavy atom. The van der Waals surface area contributed by atoms with Gasteiger partial charge in [-0.3, -0.25) is 4.79 Å². The maximum Gasteiger partial charge on any atom is 0.237 e. The third-order valence-electron chi connectivity index (χ3n) is 2.37. The minimum Gasteiger partial charge on any atom is -0.395 e. The van der Waals surface area contributed by atoms with Crippen molar-refractivity contribution in [2.24, 2.45) is 0 Å². The zero-order valence-electron chi connectivity index (χ0n) is 10.2. The standard InChI is InChI=1S/C11H22N2O2S/c1-5-6-12-11(15)9(3)13-8(2)10(7-14)16-4/h5,8-10,13-14H,1,6-7H2,2-4H3,(H,12,15). The van der Waals surface area contributed by atoms with Gasteiger partial charge >= 0.3 is 0 Å². The Morgan fingerprint density at radius 1 is 1.56 bits per heavy atom. The van der Waals surface area contributed by atoms with Crippen LogP contribution in [0.3, 0.4) is 0 Å². The molecule has 0 aromatic carbocycles. The zero-order valence-corrected chi connectivity index (χ0v) is 11.0. The lowest BCUT2D eigenvalue weighted by molar-refractivity contribution is -0.122. The molecule has 0 aliphatic heterocycles. The van der Waals surface area contributed by atoms with Crippen LogP contribution < -0.4 is 10.6 Å². The van der Waals surface area contributed by atoms with Crippen LogP contribution >= 0.6 is 11.8 Å². The lowest BCUT2D eigenvalue weighted by atomic mass is 10.2. The molecule has 0 spiro atoms. The molecular weight excluding hydrogens is 224 g/mol. The first-order valence-corrected chi connectivity index (χ1v) is 6.63. The molecule has 4 nitrogen and oxygen atoms in total. The van der Waals surface area contributed by atoms with E-state index in [1.165, 1.54) is 0 Å². The van der Waals surface area contributed by atoms with Gasteiger partial charge in [0.25, 0.3) is 0 Å². The Morgan fingerprint density at radius 3 is 2.62 bits per heavy atom. The molecule has 0 aliphatic carbocycles. The van der Waals surface area contributed by atoms with Crippen LogP contribution in [-0.4, -0.2) is 47.8 Å². The van der Waals surface area contributed by atoms with E-state index in [2.05, 4.69) is 17.2 Å². The molecule has 5 heteroatoms. The summed E-state index contributed by atoms with van der Waals surface area (Å²) in [5.41, 5.74) is 0. The van der Waals surface area contributed by atoms with Crippen molar-refractivity contribution in [1.82, 2.24) is 10.6 Å². The molecule has 0 saturated carbocycles. The molecule has 94 valence electrons. The number of hydrogen-bond donors (Lipinski definition) is 3. The highest BCUT2D eigenvalue weighted by Crippen LogP contribution is 2.10. The number of nitrogens with one attached hydrogen (secondary N) is 2. The number of aliphatic hydroxyl groups excluding tert-OH is 1. The number of thioether (sulfide) groups is 1. The SMILES string of the molecule is C=CCNC(=O)C(C)NC(C)C(CO)SC. The van der Waals surface area contributed by atoms with Gasteiger partial charge < -0.3 is 15.7 Å². The smallest absolute Gasteiger partial charge is 0.237 e. The molecule has 0 aromatic heterocycles. The van der Waals surface area contributed by atoms with E-state index in [0.717, 1.165) is 0 Å². The number of rotatable bonds is 8. The first kappa shape index (κ1) is 15.5. The average molecular weight is 246 g/mol. The Labute approximate surface area is 102 Å². The van der Waals surface area contributed by atoms with Crippen molar-refractivity contribution in [3.63, 3.8) is 0 Å². The first-order valence-electron chi connectivity index (χ1n) is 5.35. The Balaban J connectivity index is 4.06. The molecule has 3 N–H and O–H groups in total. The monoisotopic (exact) mass is 246 g/mol. The molecule has 0 aromatic rings. The molecule has 0 aliphatic rings. The quantitative estimate of drug-likeness (QED) is 0.542. The van der Waals surface area contributed by atoms with Crippen molar-refractivity contribution in [3.8, 4) is 0 Å². The van der Waals surface area contributed by atoms with E-state index in [1.54, 1.807) is 17.8 Å². The van der Waals surface area contributed by atoms with Crippen LogP contribution in [0.5, 0.6) is 0 Å². The average Bonchev–Trinajstić information content (AvgIpc) is 2.27. The molecule has 1 amide bonds. The fourth-order valence-corrected chi connectivity index (χ4v) is 1.98. The number of aliphatic hydroxyl groups is 1. The molecule has 0 fully saturated rings. The lowest BCUT2D eigenvalue weighted by Gasteiger charge is -2.24. The highest BCUT2D eigenvalue weighted by atomic mass is 32.2. The van der Waals surface area contributed by atoms with Crippen LogP contribution in [0.4, 0.5) is 0 Å². The summed E-state index contributed by atoms with van der Waals surface area (Å²) in [7, 11) is 0. The van der Waals surface area contributed by atoms with Crippen molar-refractivity contribution in [3.05, 3.63) is 12.7 Å². The molecule has 0 heterocycles. The Bertz CT molecular complexity index is 220. The van der Waals surface area contributed by atoms with Gasteiger partial charge in [0.05, 0.1) is 12.6 Å². The molecule has 0 rings (SSSR count). The normalized spacial score (nSPS) is 16.2. The van der Waals surface area contributed by atoms with Crippen LogP contribution in [0.25, 0.3) is 0 Å². The first-order chi connectivity index (χ1) is 7.56. The van der Waals surface area contributed by atoms with E-state index in [1.807, 2.05) is 20.1 Å². The summed E-state index contributed by atoms with van der Waals surface area (Å²) < 4.78 is 0. The molecule has 0 bridgehead atoms. The number of carbonyl (C=O) groups is 1. The molecule has 0 saturated heterocycles. The van der Waals surface area contributed by atoms with Gasteiger partial charge in [-0.1, -0.05) is 6.08 Å². The molecule has 3 atom stereocenters. The van der Waals surface area contributed by atoms with Gasteiger partial charge in [-0.15, -0.1) is 6.58 Å². The maximum atomic E-state index is 11.5. The zero-order chi connectivity index (χ0) is 12.6. The number of hydrogen-bond acceptors (Lipinski definition) is 4. The van der Waals surface area contributed by atoms with Crippen molar-refractivity contribution in [1.29, 1.82) is 0 Å². The fourth-order valence-electron chi connectivity index (χ4n) is 1.34. The molecule has 0 radical (unpaired) electrons. The van der Waals surface area contributed by atoms with Crippen LogP contribution in [0.15, 0.2) is 12.7 Å². The third kappa shape index (κ3) is 5.53. The van der Waals surface area contributed by atoms with E-state index in [-0.39, 0.29) is 29.8 Å². The molecular formula is C11H22N2O2S. The second kappa shape index (κ2) is 8.61. The second-order valence-corrected chi connectivity index (χ2v) is 4.74. The highest BCUT2D eigenvalue weighted by Gasteiger charge is 2.20. The predicted molar refractivity (Wildman–Crippen MR) is 69.7 cm³/mol. The van der Waals surface area contributed by atoms with Crippen molar-refractivity contribution < 1.29 is 9.90 Å². The van der Waals surface area contributed by atoms with Gasteiger partial charge in [0.2, 0.25) is 5.91 Å². The van der Waals surface area contributed by atoms with Gasteiger partial charge in [-0.2, -0.15) is 11.8 Å². The summed E-state index contributed by atoms with van der Waals surface area (Å²) in [6.07, 6.45) is 3.59. The van der Waals surface area contributed by atoms with Crippen LogP contribution in [0.2, 0.25) is 0 Å². The van der Waals surface area contributed by atoms with E-state index < -0.39 is 0 Å². The van der Waals surface area contributed by atoms with Gasteiger partial charge in [0.1, 0.15) is 0 Å². The predicted octanol–water partition coefficient (Wildman–Crippen LogP) is 0.379. The number of amides is 1. The van der Waals surface area contributed by atoms with E-state index in [0.29, 0.717) is 6.54 Å². The largest absolute Gasteiger partial charge is 0.395 e. The van der Waals surface area contributed by atoms with Crippen molar-refractivity contribution >= 4 is 17.7 Å². The molecule has 3 unspecified atom stereocenters. The fraction of sp³-hybridized carbons (Fsp3) is 0.727. The van der Waals surface area contributed by atoms with E-state index in [9.17, 15) is 4.79 Å². The summed E-state index contributed by atoms with van der Waals surface area (Å²) in [6.45, 7) is 7.90. The lowest BCUT2D eigenvalue weighted by Crippen LogP contribution is -2.49. The highest BCUT2D eigenvalue weighted by molar-refractivity contribution is 7.99. The van der Waals surface area contributed by atoms with Crippen molar-refractivity contribution in [2.75, 3.05) is 19.4 Å². The summed E-state index contributed by atoms with van der Waals surface area (Å²) in [5, 5.41) is 15.1. The van der Waals surface area contributed by atoms with E-state index >= 15 is 0 Å².